The molecule has 0 radical (unpaired) electrons. The lowest BCUT2D eigenvalue weighted by atomic mass is 10.2. The summed E-state index contributed by atoms with van der Waals surface area (Å²) in [6, 6.07) is 7.29. The second-order valence-corrected chi connectivity index (χ2v) is 5.45. The molecule has 0 atom stereocenters. The highest BCUT2D eigenvalue weighted by atomic mass is 79.9. The number of carbonyl (C=O) groups is 1. The molecule has 2 N–H and O–H groups in total. The molecule has 1 aromatic carbocycles. The minimum Gasteiger partial charge on any atom is -0.314 e. The zero-order valence-corrected chi connectivity index (χ0v) is 13.3. The van der Waals surface area contributed by atoms with Crippen LogP contribution in [-0.2, 0) is 0 Å². The molecule has 0 aliphatic heterocycles. The SMILES string of the molecule is O=C(N/C=C/c1ccccc1Br)Nc1ncc(Br)cn1. The number of nitrogens with zero attached hydrogens (tertiary/aromatic N) is 2. The lowest BCUT2D eigenvalue weighted by Crippen LogP contribution is -2.24. The van der Waals surface area contributed by atoms with E-state index in [-0.39, 0.29) is 5.95 Å². The van der Waals surface area contributed by atoms with Gasteiger partial charge in [0.05, 0.1) is 4.47 Å². The number of amides is 2. The molecular formula is C13H10Br2N4O. The van der Waals surface area contributed by atoms with Gasteiger partial charge in [-0.05, 0) is 33.6 Å². The number of hydrogen-bond acceptors (Lipinski definition) is 3. The number of aromatic nitrogens is 2. The van der Waals surface area contributed by atoms with Crippen molar-refractivity contribution >= 4 is 49.9 Å². The van der Waals surface area contributed by atoms with Gasteiger partial charge in [0.2, 0.25) is 5.95 Å². The van der Waals surface area contributed by atoms with Gasteiger partial charge >= 0.3 is 6.03 Å². The van der Waals surface area contributed by atoms with Crippen LogP contribution in [0.2, 0.25) is 0 Å². The molecule has 0 bridgehead atoms. The van der Waals surface area contributed by atoms with Crippen molar-refractivity contribution in [3.63, 3.8) is 0 Å². The zero-order valence-electron chi connectivity index (χ0n) is 10.2. The lowest BCUT2D eigenvalue weighted by Gasteiger charge is -2.02. The monoisotopic (exact) mass is 396 g/mol. The number of hydrogen-bond donors (Lipinski definition) is 2. The van der Waals surface area contributed by atoms with Crippen molar-refractivity contribution < 1.29 is 4.79 Å². The van der Waals surface area contributed by atoms with Crippen molar-refractivity contribution in [1.29, 1.82) is 0 Å². The first-order chi connectivity index (χ1) is 9.65. The van der Waals surface area contributed by atoms with E-state index in [1.54, 1.807) is 24.7 Å². The average molecular weight is 398 g/mol. The average Bonchev–Trinajstić information content (AvgIpc) is 2.43. The van der Waals surface area contributed by atoms with Gasteiger partial charge in [0.1, 0.15) is 0 Å². The summed E-state index contributed by atoms with van der Waals surface area (Å²) in [7, 11) is 0. The zero-order chi connectivity index (χ0) is 14.4. The van der Waals surface area contributed by atoms with Crippen LogP contribution < -0.4 is 10.6 Å². The Morgan fingerprint density at radius 1 is 1.15 bits per heavy atom. The second kappa shape index (κ2) is 7.16. The van der Waals surface area contributed by atoms with Crippen molar-refractivity contribution in [3.05, 3.63) is 57.4 Å². The van der Waals surface area contributed by atoms with Crippen LogP contribution in [0.5, 0.6) is 0 Å². The molecule has 2 aromatic rings. The molecule has 0 fully saturated rings. The minimum absolute atomic E-state index is 0.236. The third-order valence-corrected chi connectivity index (χ3v) is 3.36. The van der Waals surface area contributed by atoms with Gasteiger partial charge in [0.15, 0.2) is 0 Å². The third kappa shape index (κ3) is 4.43. The number of carbonyl (C=O) groups excluding carboxylic acids is 1. The lowest BCUT2D eigenvalue weighted by molar-refractivity contribution is 0.255. The number of urea groups is 1. The van der Waals surface area contributed by atoms with Crippen LogP contribution in [0.15, 0.2) is 51.8 Å². The summed E-state index contributed by atoms with van der Waals surface area (Å²) < 4.78 is 1.70. The van der Waals surface area contributed by atoms with E-state index in [9.17, 15) is 4.79 Å². The highest BCUT2D eigenvalue weighted by Gasteiger charge is 2.01. The molecule has 0 aliphatic carbocycles. The van der Waals surface area contributed by atoms with E-state index in [4.69, 9.17) is 0 Å². The van der Waals surface area contributed by atoms with Crippen molar-refractivity contribution in [2.24, 2.45) is 0 Å². The Morgan fingerprint density at radius 2 is 1.85 bits per heavy atom. The van der Waals surface area contributed by atoms with Crippen LogP contribution in [0, 0.1) is 0 Å². The number of nitrogens with one attached hydrogen (secondary N) is 2. The van der Waals surface area contributed by atoms with Crippen LogP contribution in [0.4, 0.5) is 10.7 Å². The van der Waals surface area contributed by atoms with Crippen molar-refractivity contribution in [1.82, 2.24) is 15.3 Å². The van der Waals surface area contributed by atoms with Crippen LogP contribution in [0.25, 0.3) is 6.08 Å². The molecule has 0 unspecified atom stereocenters. The van der Waals surface area contributed by atoms with E-state index in [0.717, 1.165) is 14.5 Å². The number of benzene rings is 1. The third-order valence-electron chi connectivity index (χ3n) is 2.23. The first-order valence-electron chi connectivity index (χ1n) is 5.61. The molecule has 0 aliphatic rings. The molecule has 1 heterocycles. The van der Waals surface area contributed by atoms with E-state index in [2.05, 4.69) is 52.5 Å². The van der Waals surface area contributed by atoms with Gasteiger partial charge in [-0.1, -0.05) is 34.1 Å². The van der Waals surface area contributed by atoms with E-state index >= 15 is 0 Å². The quantitative estimate of drug-likeness (QED) is 0.827. The standard InChI is InChI=1S/C13H10Br2N4O/c14-10-7-17-12(18-8-10)19-13(20)16-6-5-9-3-1-2-4-11(9)15/h1-8H,(H2,16,17,18,19,20)/b6-5+. The van der Waals surface area contributed by atoms with Gasteiger partial charge in [-0.15, -0.1) is 0 Å². The van der Waals surface area contributed by atoms with Gasteiger partial charge in [-0.3, -0.25) is 5.32 Å². The molecule has 0 saturated carbocycles. The Balaban J connectivity index is 1.89. The summed E-state index contributed by atoms with van der Waals surface area (Å²) >= 11 is 6.64. The van der Waals surface area contributed by atoms with Crippen LogP contribution >= 0.6 is 31.9 Å². The summed E-state index contributed by atoms with van der Waals surface area (Å²) in [6.45, 7) is 0. The summed E-state index contributed by atoms with van der Waals surface area (Å²) in [6.07, 6.45) is 6.44. The summed E-state index contributed by atoms with van der Waals surface area (Å²) in [4.78, 5) is 19.5. The fourth-order valence-corrected chi connectivity index (χ4v) is 1.95. The van der Waals surface area contributed by atoms with Crippen molar-refractivity contribution in [2.75, 3.05) is 5.32 Å². The molecule has 0 saturated heterocycles. The smallest absolute Gasteiger partial charge is 0.314 e. The van der Waals surface area contributed by atoms with Gasteiger partial charge in [0.25, 0.3) is 0 Å². The Hall–Kier alpha value is -1.73. The molecule has 102 valence electrons. The van der Waals surface area contributed by atoms with Crippen LogP contribution in [-0.4, -0.2) is 16.0 Å². The molecule has 5 nitrogen and oxygen atoms in total. The Kier molecular flexibility index (Phi) is 5.25. The predicted octanol–water partition coefficient (Wildman–Crippen LogP) is 3.79. The predicted molar refractivity (Wildman–Crippen MR) is 85.1 cm³/mol. The summed E-state index contributed by atoms with van der Waals surface area (Å²) in [5, 5.41) is 5.09. The molecule has 20 heavy (non-hydrogen) atoms. The van der Waals surface area contributed by atoms with E-state index in [1.165, 1.54) is 0 Å². The summed E-state index contributed by atoms with van der Waals surface area (Å²) in [5.41, 5.74) is 0.965. The maximum Gasteiger partial charge on any atom is 0.325 e. The number of anilines is 1. The van der Waals surface area contributed by atoms with Crippen molar-refractivity contribution in [2.45, 2.75) is 0 Å². The molecule has 2 rings (SSSR count). The van der Waals surface area contributed by atoms with Gasteiger partial charge in [-0.25, -0.2) is 14.8 Å². The Morgan fingerprint density at radius 3 is 2.55 bits per heavy atom. The molecular weight excluding hydrogens is 388 g/mol. The maximum atomic E-state index is 11.6. The number of rotatable bonds is 3. The number of halogens is 2. The first-order valence-corrected chi connectivity index (χ1v) is 7.20. The first kappa shape index (κ1) is 14.7. The minimum atomic E-state index is -0.407. The fraction of sp³-hybridized carbons (Fsp3) is 0. The van der Waals surface area contributed by atoms with E-state index < -0.39 is 6.03 Å². The van der Waals surface area contributed by atoms with Crippen LogP contribution in [0.3, 0.4) is 0 Å². The largest absolute Gasteiger partial charge is 0.325 e. The fourth-order valence-electron chi connectivity index (χ4n) is 1.33. The molecule has 0 spiro atoms. The van der Waals surface area contributed by atoms with E-state index in [1.807, 2.05) is 24.3 Å². The Bertz CT molecular complexity index is 629. The topological polar surface area (TPSA) is 66.9 Å². The van der Waals surface area contributed by atoms with Gasteiger partial charge in [0, 0.05) is 23.1 Å². The highest BCUT2D eigenvalue weighted by Crippen LogP contribution is 2.16. The maximum absolute atomic E-state index is 11.6. The molecule has 1 aromatic heterocycles. The normalized spacial score (nSPS) is 10.5. The van der Waals surface area contributed by atoms with Gasteiger partial charge in [-0.2, -0.15) is 0 Å². The Labute approximate surface area is 132 Å². The van der Waals surface area contributed by atoms with Crippen LogP contribution in [0.1, 0.15) is 5.56 Å². The van der Waals surface area contributed by atoms with E-state index in [0.29, 0.717) is 0 Å². The van der Waals surface area contributed by atoms with Gasteiger partial charge < -0.3 is 5.32 Å². The summed E-state index contributed by atoms with van der Waals surface area (Å²) in [5.74, 6) is 0.236. The highest BCUT2D eigenvalue weighted by molar-refractivity contribution is 9.10. The second-order valence-electron chi connectivity index (χ2n) is 3.68. The molecule has 7 heteroatoms. The van der Waals surface area contributed by atoms with Crippen molar-refractivity contribution in [3.8, 4) is 0 Å². The molecule has 2 amide bonds.